The molecule has 0 amide bonds. The Labute approximate surface area is 375 Å². The maximum Gasteiger partial charge on any atom is 0.308 e. The Kier molecular flexibility index (Phi) is 48.0. The van der Waals surface area contributed by atoms with Crippen LogP contribution in [0.1, 0.15) is 285 Å². The van der Waals surface area contributed by atoms with E-state index in [0.717, 1.165) is 129 Å². The van der Waals surface area contributed by atoms with Gasteiger partial charge in [0.05, 0.1) is 25.0 Å². The van der Waals surface area contributed by atoms with Gasteiger partial charge in [-0.2, -0.15) is 0 Å². The van der Waals surface area contributed by atoms with Crippen LogP contribution in [0, 0.1) is 11.8 Å². The molecule has 0 rings (SSSR count). The second-order valence-corrected chi connectivity index (χ2v) is 18.8. The van der Waals surface area contributed by atoms with E-state index in [1.54, 1.807) is 0 Å². The molecule has 0 aromatic heterocycles. The molecular formula is C54H107NO5. The van der Waals surface area contributed by atoms with Crippen molar-refractivity contribution in [3.63, 3.8) is 0 Å². The van der Waals surface area contributed by atoms with E-state index in [2.05, 4.69) is 32.6 Å². The van der Waals surface area contributed by atoms with Crippen molar-refractivity contribution in [2.75, 3.05) is 39.5 Å². The van der Waals surface area contributed by atoms with Crippen LogP contribution in [-0.4, -0.2) is 61.4 Å². The van der Waals surface area contributed by atoms with Gasteiger partial charge in [-0.05, 0) is 70.9 Å². The van der Waals surface area contributed by atoms with E-state index in [1.165, 1.54) is 148 Å². The van der Waals surface area contributed by atoms with E-state index in [-0.39, 0.29) is 30.4 Å². The first-order valence-corrected chi connectivity index (χ1v) is 27.2. The lowest BCUT2D eigenvalue weighted by Crippen LogP contribution is -2.28. The summed E-state index contributed by atoms with van der Waals surface area (Å²) >= 11 is 0. The topological polar surface area (TPSA) is 76.1 Å². The third-order valence-corrected chi connectivity index (χ3v) is 12.9. The molecule has 2 unspecified atom stereocenters. The Morgan fingerprint density at radius 1 is 0.350 bits per heavy atom. The minimum Gasteiger partial charge on any atom is -0.465 e. The van der Waals surface area contributed by atoms with Gasteiger partial charge in [0.2, 0.25) is 0 Å². The molecule has 0 saturated heterocycles. The minimum absolute atomic E-state index is 0.0599. The fourth-order valence-corrected chi connectivity index (χ4v) is 8.77. The Bertz CT molecular complexity index is 867. The van der Waals surface area contributed by atoms with Crippen molar-refractivity contribution in [1.29, 1.82) is 0 Å². The molecule has 0 bridgehead atoms. The van der Waals surface area contributed by atoms with Crippen LogP contribution in [-0.2, 0) is 19.1 Å². The van der Waals surface area contributed by atoms with Crippen LogP contribution in [0.2, 0.25) is 0 Å². The molecule has 0 aromatic carbocycles. The van der Waals surface area contributed by atoms with Crippen molar-refractivity contribution in [2.24, 2.45) is 11.8 Å². The Morgan fingerprint density at radius 3 is 0.900 bits per heavy atom. The van der Waals surface area contributed by atoms with Crippen LogP contribution in [0.5, 0.6) is 0 Å². The summed E-state index contributed by atoms with van der Waals surface area (Å²) in [5.41, 5.74) is 0. The summed E-state index contributed by atoms with van der Waals surface area (Å²) in [5, 5.41) is 9.50. The molecule has 0 spiro atoms. The third kappa shape index (κ3) is 40.9. The second-order valence-electron chi connectivity index (χ2n) is 18.8. The van der Waals surface area contributed by atoms with Crippen molar-refractivity contribution >= 4 is 11.9 Å². The Balaban J connectivity index is 4.40. The van der Waals surface area contributed by atoms with Crippen molar-refractivity contribution in [2.45, 2.75) is 285 Å². The first-order valence-electron chi connectivity index (χ1n) is 27.2. The molecule has 0 radical (unpaired) electrons. The molecule has 0 heterocycles. The number of esters is 2. The van der Waals surface area contributed by atoms with Crippen LogP contribution in [0.4, 0.5) is 0 Å². The smallest absolute Gasteiger partial charge is 0.308 e. The number of unbranched alkanes of at least 4 members (excludes halogenated alkanes) is 29. The van der Waals surface area contributed by atoms with Crippen LogP contribution >= 0.6 is 0 Å². The summed E-state index contributed by atoms with van der Waals surface area (Å²) in [7, 11) is 0. The summed E-state index contributed by atoms with van der Waals surface area (Å²) in [6.07, 6.45) is 48.2. The van der Waals surface area contributed by atoms with Crippen molar-refractivity contribution < 1.29 is 24.2 Å². The zero-order valence-corrected chi connectivity index (χ0v) is 41.2. The fraction of sp³-hybridized carbons (Fsp3) is 0.963. The van der Waals surface area contributed by atoms with Gasteiger partial charge in [-0.15, -0.1) is 0 Å². The Hall–Kier alpha value is -1.14. The predicted octanol–water partition coefficient (Wildman–Crippen LogP) is 16.3. The van der Waals surface area contributed by atoms with Gasteiger partial charge in [0, 0.05) is 13.2 Å². The lowest BCUT2D eigenvalue weighted by atomic mass is 9.94. The number of rotatable bonds is 50. The molecule has 0 aliphatic rings. The summed E-state index contributed by atoms with van der Waals surface area (Å²) < 4.78 is 11.8. The third-order valence-electron chi connectivity index (χ3n) is 12.9. The summed E-state index contributed by atoms with van der Waals surface area (Å²) in [5.74, 6) is 0.294. The molecule has 0 fully saturated rings. The number of carbonyl (C=O) groups excluding carboxylic acids is 2. The number of hydrogen-bond acceptors (Lipinski definition) is 6. The highest BCUT2D eigenvalue weighted by atomic mass is 16.5. The maximum atomic E-state index is 13.1. The van der Waals surface area contributed by atoms with Crippen LogP contribution in [0.15, 0.2) is 0 Å². The van der Waals surface area contributed by atoms with Gasteiger partial charge in [0.25, 0.3) is 0 Å². The molecule has 60 heavy (non-hydrogen) atoms. The quantitative estimate of drug-likeness (QED) is 0.0485. The fourth-order valence-electron chi connectivity index (χ4n) is 8.77. The summed E-state index contributed by atoms with van der Waals surface area (Å²) in [6.45, 7) is 13.5. The molecule has 6 heteroatoms. The first-order chi connectivity index (χ1) is 29.5. The number of nitrogens with zero attached hydrogens (tertiary/aromatic N) is 1. The average Bonchev–Trinajstić information content (AvgIpc) is 3.25. The molecule has 2 atom stereocenters. The standard InChI is InChI=1S/C54H107NO5/c1-5-9-13-17-21-23-27-35-44-52(42-33-25-20-16-12-8-4)54(58)60-50-39-31-29-37-46-55(47-40-48-56)45-36-28-30-38-49-59-53(57)51(41-32-24-19-15-11-7-3)43-34-26-22-18-14-10-6-2/h51-52,56H,5-50H2,1-4H3. The van der Waals surface area contributed by atoms with Gasteiger partial charge in [0.15, 0.2) is 0 Å². The van der Waals surface area contributed by atoms with E-state index in [9.17, 15) is 14.7 Å². The summed E-state index contributed by atoms with van der Waals surface area (Å²) in [4.78, 5) is 28.8. The van der Waals surface area contributed by atoms with E-state index in [0.29, 0.717) is 13.2 Å². The minimum atomic E-state index is 0.0599. The van der Waals surface area contributed by atoms with Crippen LogP contribution < -0.4 is 0 Å². The second kappa shape index (κ2) is 48.9. The lowest BCUT2D eigenvalue weighted by Gasteiger charge is -2.22. The van der Waals surface area contributed by atoms with Gasteiger partial charge in [-0.25, -0.2) is 0 Å². The Morgan fingerprint density at radius 2 is 0.600 bits per heavy atom. The zero-order chi connectivity index (χ0) is 43.8. The van der Waals surface area contributed by atoms with Gasteiger partial charge >= 0.3 is 11.9 Å². The number of carbonyl (C=O) groups is 2. The van der Waals surface area contributed by atoms with Crippen molar-refractivity contribution in [3.05, 3.63) is 0 Å². The number of ether oxygens (including phenoxy) is 2. The van der Waals surface area contributed by atoms with E-state index < -0.39 is 0 Å². The molecule has 0 saturated carbocycles. The number of aliphatic hydroxyl groups excluding tert-OH is 1. The molecule has 0 aliphatic carbocycles. The van der Waals surface area contributed by atoms with E-state index >= 15 is 0 Å². The predicted molar refractivity (Wildman–Crippen MR) is 260 cm³/mol. The number of hydrogen-bond donors (Lipinski definition) is 1. The lowest BCUT2D eigenvalue weighted by molar-refractivity contribution is -0.150. The highest BCUT2D eigenvalue weighted by Crippen LogP contribution is 2.23. The van der Waals surface area contributed by atoms with Crippen LogP contribution in [0.25, 0.3) is 0 Å². The number of aliphatic hydroxyl groups is 1. The average molecular weight is 850 g/mol. The summed E-state index contributed by atoms with van der Waals surface area (Å²) in [6, 6.07) is 0. The van der Waals surface area contributed by atoms with E-state index in [4.69, 9.17) is 9.47 Å². The molecule has 1 N–H and O–H groups in total. The maximum absolute atomic E-state index is 13.1. The first kappa shape index (κ1) is 58.9. The van der Waals surface area contributed by atoms with Crippen molar-refractivity contribution in [1.82, 2.24) is 4.90 Å². The SMILES string of the molecule is CCCCCCCCCCC(CCCCCCCC)C(=O)OCCCCCCN(CCCO)CCCCCCOC(=O)C(CCCCCCCC)CCCCCCCCC. The molecule has 0 aromatic rings. The van der Waals surface area contributed by atoms with Gasteiger partial charge < -0.3 is 19.5 Å². The molecular weight excluding hydrogens is 743 g/mol. The van der Waals surface area contributed by atoms with Gasteiger partial charge in [0.1, 0.15) is 0 Å². The molecule has 358 valence electrons. The van der Waals surface area contributed by atoms with E-state index in [1.807, 2.05) is 0 Å². The monoisotopic (exact) mass is 850 g/mol. The molecule has 0 aliphatic heterocycles. The van der Waals surface area contributed by atoms with Crippen molar-refractivity contribution in [3.8, 4) is 0 Å². The highest BCUT2D eigenvalue weighted by molar-refractivity contribution is 5.72. The van der Waals surface area contributed by atoms with Crippen LogP contribution in [0.3, 0.4) is 0 Å². The highest BCUT2D eigenvalue weighted by Gasteiger charge is 2.20. The molecule has 6 nitrogen and oxygen atoms in total. The van der Waals surface area contributed by atoms with Gasteiger partial charge in [-0.1, -0.05) is 227 Å². The largest absolute Gasteiger partial charge is 0.465 e. The zero-order valence-electron chi connectivity index (χ0n) is 41.2. The van der Waals surface area contributed by atoms with Gasteiger partial charge in [-0.3, -0.25) is 9.59 Å². The normalized spacial score (nSPS) is 12.6.